The number of carboxylic acids is 1. The van der Waals surface area contributed by atoms with Crippen LogP contribution in [0.4, 0.5) is 0 Å². The lowest BCUT2D eigenvalue weighted by Gasteiger charge is -2.25. The summed E-state index contributed by atoms with van der Waals surface area (Å²) in [4.78, 5) is 24.3. The third-order valence-electron chi connectivity index (χ3n) is 5.51. The number of tetrazole rings is 1. The molecule has 0 spiro atoms. The molecule has 0 radical (unpaired) electrons. The predicted molar refractivity (Wildman–Crippen MR) is 95.8 cm³/mol. The number of aliphatic carboxylic acids is 1. The summed E-state index contributed by atoms with van der Waals surface area (Å²) >= 11 is 0. The van der Waals surface area contributed by atoms with Crippen LogP contribution >= 0.6 is 12.4 Å². The maximum Gasteiger partial charge on any atom is 0.306 e. The lowest BCUT2D eigenvalue weighted by atomic mass is 9.82. The van der Waals surface area contributed by atoms with E-state index >= 15 is 0 Å². The normalized spacial score (nSPS) is 25.2. The number of nitrogens with zero attached hydrogens (tertiary/aromatic N) is 4. The van der Waals surface area contributed by atoms with Gasteiger partial charge in [-0.2, -0.15) is 4.80 Å². The zero-order chi connectivity index (χ0) is 17.8. The molecule has 1 aliphatic heterocycles. The van der Waals surface area contributed by atoms with Crippen LogP contribution in [-0.4, -0.2) is 50.3 Å². The molecule has 9 nitrogen and oxygen atoms in total. The zero-order valence-electron chi connectivity index (χ0n) is 14.7. The van der Waals surface area contributed by atoms with Crippen LogP contribution < -0.4 is 11.1 Å². The third kappa shape index (κ3) is 4.91. The minimum absolute atomic E-state index is 0. The fourth-order valence-corrected chi connectivity index (χ4v) is 3.89. The monoisotopic (exact) mass is 386 g/mol. The van der Waals surface area contributed by atoms with Crippen molar-refractivity contribution in [1.29, 1.82) is 0 Å². The highest BCUT2D eigenvalue weighted by molar-refractivity contribution is 5.85. The van der Waals surface area contributed by atoms with E-state index < -0.39 is 17.9 Å². The number of carbonyl (C=O) groups excluding carboxylic acids is 1. The highest BCUT2D eigenvalue weighted by atomic mass is 35.5. The molecule has 1 aliphatic carbocycles. The number of aromatic nitrogens is 4. The molecule has 0 bridgehead atoms. The molecule has 146 valence electrons. The Hall–Kier alpha value is -1.74. The van der Waals surface area contributed by atoms with Gasteiger partial charge in [-0.25, -0.2) is 0 Å². The van der Waals surface area contributed by atoms with Crippen molar-refractivity contribution >= 4 is 24.3 Å². The average molecular weight is 387 g/mol. The van der Waals surface area contributed by atoms with Gasteiger partial charge in [-0.3, -0.25) is 9.59 Å². The van der Waals surface area contributed by atoms with Gasteiger partial charge < -0.3 is 16.2 Å². The van der Waals surface area contributed by atoms with Gasteiger partial charge in [-0.05, 0) is 69.2 Å². The molecule has 10 heteroatoms. The highest BCUT2D eigenvalue weighted by Gasteiger charge is 2.31. The summed E-state index contributed by atoms with van der Waals surface area (Å²) < 4.78 is 0. The Bertz CT molecular complexity index is 611. The Morgan fingerprint density at radius 1 is 1.19 bits per heavy atom. The number of carboxylic acid groups (broad SMARTS) is 1. The Labute approximate surface area is 158 Å². The number of nitrogens with two attached hydrogens (primary N) is 1. The third-order valence-corrected chi connectivity index (χ3v) is 5.51. The molecule has 2 aliphatic rings. The van der Waals surface area contributed by atoms with Gasteiger partial charge in [-0.15, -0.1) is 22.6 Å². The molecule has 2 heterocycles. The first kappa shape index (κ1) is 20.6. The molecule has 1 atom stereocenters. The van der Waals surface area contributed by atoms with Crippen molar-refractivity contribution in [2.24, 2.45) is 17.6 Å². The summed E-state index contributed by atoms with van der Waals surface area (Å²) in [7, 11) is 0. The minimum Gasteiger partial charge on any atom is -0.481 e. The molecular weight excluding hydrogens is 360 g/mol. The number of hydrogen-bond acceptors (Lipinski definition) is 6. The van der Waals surface area contributed by atoms with Gasteiger partial charge in [0.05, 0.1) is 5.92 Å². The first-order chi connectivity index (χ1) is 12.0. The van der Waals surface area contributed by atoms with E-state index in [1.54, 1.807) is 0 Å². The summed E-state index contributed by atoms with van der Waals surface area (Å²) in [6.45, 7) is 1.91. The molecule has 1 unspecified atom stereocenters. The fraction of sp³-hybridized carbons (Fsp3) is 0.812. The van der Waals surface area contributed by atoms with Crippen LogP contribution in [0.15, 0.2) is 0 Å². The Kier molecular flexibility index (Phi) is 7.33. The van der Waals surface area contributed by atoms with E-state index in [-0.39, 0.29) is 24.2 Å². The number of piperidine rings is 1. The van der Waals surface area contributed by atoms with Gasteiger partial charge in [0.2, 0.25) is 5.91 Å². The average Bonchev–Trinajstić information content (AvgIpc) is 3.10. The summed E-state index contributed by atoms with van der Waals surface area (Å²) in [6.07, 6.45) is 5.40. The van der Waals surface area contributed by atoms with Crippen molar-refractivity contribution in [2.75, 3.05) is 13.1 Å². The van der Waals surface area contributed by atoms with E-state index in [0.29, 0.717) is 31.0 Å². The maximum atomic E-state index is 11.9. The van der Waals surface area contributed by atoms with Crippen molar-refractivity contribution in [1.82, 2.24) is 25.5 Å². The Morgan fingerprint density at radius 3 is 2.42 bits per heavy atom. The molecule has 1 amide bonds. The number of amides is 1. The highest BCUT2D eigenvalue weighted by Crippen LogP contribution is 2.34. The second-order valence-corrected chi connectivity index (χ2v) is 7.20. The van der Waals surface area contributed by atoms with E-state index in [9.17, 15) is 9.59 Å². The lowest BCUT2D eigenvalue weighted by molar-refractivity contribution is -0.142. The first-order valence-corrected chi connectivity index (χ1v) is 9.07. The van der Waals surface area contributed by atoms with E-state index in [0.717, 1.165) is 38.8 Å². The molecule has 3 rings (SSSR count). The summed E-state index contributed by atoms with van der Waals surface area (Å²) in [5, 5.41) is 25.0. The number of rotatable bonds is 6. The van der Waals surface area contributed by atoms with Crippen LogP contribution in [0.1, 0.15) is 62.7 Å². The van der Waals surface area contributed by atoms with Gasteiger partial charge in [0, 0.05) is 5.92 Å². The number of hydrogen-bond donors (Lipinski definition) is 3. The standard InChI is InChI=1S/C16H26N6O3.ClH/c17-14(23)13(9-10-5-7-18-8-6-10)22-20-15(19-21-22)11-1-3-12(4-2-11)16(24)25;/h10-13,18H,1-9H2,(H2,17,23)(H,24,25);1H. The van der Waals surface area contributed by atoms with Crippen LogP contribution in [-0.2, 0) is 9.59 Å². The molecule has 4 N–H and O–H groups in total. The molecule has 1 saturated carbocycles. The van der Waals surface area contributed by atoms with E-state index in [1.165, 1.54) is 4.80 Å². The zero-order valence-corrected chi connectivity index (χ0v) is 15.5. The number of primary amides is 1. The van der Waals surface area contributed by atoms with Crippen molar-refractivity contribution in [3.05, 3.63) is 5.82 Å². The van der Waals surface area contributed by atoms with Gasteiger partial charge in [0.1, 0.15) is 0 Å². The topological polar surface area (TPSA) is 136 Å². The van der Waals surface area contributed by atoms with Crippen LogP contribution in [0.3, 0.4) is 0 Å². The van der Waals surface area contributed by atoms with E-state index in [4.69, 9.17) is 10.8 Å². The largest absolute Gasteiger partial charge is 0.481 e. The molecule has 0 aromatic carbocycles. The Morgan fingerprint density at radius 2 is 1.85 bits per heavy atom. The smallest absolute Gasteiger partial charge is 0.306 e. The number of halogens is 1. The lowest BCUT2D eigenvalue weighted by Crippen LogP contribution is -2.34. The fourth-order valence-electron chi connectivity index (χ4n) is 3.89. The summed E-state index contributed by atoms with van der Waals surface area (Å²) in [6, 6.07) is -0.570. The van der Waals surface area contributed by atoms with Gasteiger partial charge >= 0.3 is 5.97 Å². The maximum absolute atomic E-state index is 11.9. The molecule has 2 fully saturated rings. The van der Waals surface area contributed by atoms with Crippen LogP contribution in [0, 0.1) is 11.8 Å². The second kappa shape index (κ2) is 9.27. The van der Waals surface area contributed by atoms with Crippen molar-refractivity contribution in [3.8, 4) is 0 Å². The van der Waals surface area contributed by atoms with E-state index in [1.807, 2.05) is 0 Å². The van der Waals surface area contributed by atoms with Crippen molar-refractivity contribution < 1.29 is 14.7 Å². The van der Waals surface area contributed by atoms with Crippen molar-refractivity contribution in [3.63, 3.8) is 0 Å². The number of nitrogens with one attached hydrogen (secondary N) is 1. The molecule has 26 heavy (non-hydrogen) atoms. The quantitative estimate of drug-likeness (QED) is 0.659. The SMILES string of the molecule is Cl.NC(=O)C(CC1CCNCC1)n1nnc(C2CCC(C(=O)O)CC2)n1. The summed E-state index contributed by atoms with van der Waals surface area (Å²) in [5.41, 5.74) is 5.58. The minimum atomic E-state index is -0.731. The van der Waals surface area contributed by atoms with Gasteiger partial charge in [-0.1, -0.05) is 0 Å². The van der Waals surface area contributed by atoms with E-state index in [2.05, 4.69) is 20.7 Å². The van der Waals surface area contributed by atoms with Gasteiger partial charge in [0.15, 0.2) is 11.9 Å². The van der Waals surface area contributed by atoms with Crippen LogP contribution in [0.5, 0.6) is 0 Å². The first-order valence-electron chi connectivity index (χ1n) is 9.07. The molecule has 1 saturated heterocycles. The Balaban J connectivity index is 0.00000243. The van der Waals surface area contributed by atoms with Crippen LogP contribution in [0.2, 0.25) is 0 Å². The molecule has 1 aromatic rings. The van der Waals surface area contributed by atoms with Crippen LogP contribution in [0.25, 0.3) is 0 Å². The van der Waals surface area contributed by atoms with Gasteiger partial charge in [0.25, 0.3) is 0 Å². The summed E-state index contributed by atoms with van der Waals surface area (Å²) in [5.74, 6) is -0.302. The second-order valence-electron chi connectivity index (χ2n) is 7.20. The van der Waals surface area contributed by atoms with Crippen molar-refractivity contribution in [2.45, 2.75) is 56.9 Å². The molecular formula is C16H27ClN6O3. The molecule has 1 aromatic heterocycles. The number of carbonyl (C=O) groups is 2. The predicted octanol–water partition coefficient (Wildman–Crippen LogP) is 0.869.